The van der Waals surface area contributed by atoms with Crippen molar-refractivity contribution in [2.45, 2.75) is 30.7 Å². The number of nitrogens with zero attached hydrogens (tertiary/aromatic N) is 1. The van der Waals surface area contributed by atoms with Crippen LogP contribution in [-0.4, -0.2) is 24.3 Å². The molecule has 5 nitrogen and oxygen atoms in total. The molecule has 0 radical (unpaired) electrons. The first-order valence-electron chi connectivity index (χ1n) is 7.25. The third-order valence-corrected chi connectivity index (χ3v) is 5.95. The van der Waals surface area contributed by atoms with Crippen LogP contribution in [0.1, 0.15) is 30.0 Å². The Balaban J connectivity index is 1.97. The highest BCUT2D eigenvalue weighted by Crippen LogP contribution is 2.35. The number of aryl methyl sites for hydroxylation is 1. The van der Waals surface area contributed by atoms with Crippen LogP contribution in [0.15, 0.2) is 52.3 Å². The third kappa shape index (κ3) is 2.71. The molecule has 22 heavy (non-hydrogen) atoms. The summed E-state index contributed by atoms with van der Waals surface area (Å²) in [6, 6.07) is 9.81. The quantitative estimate of drug-likeness (QED) is 0.943. The molecule has 3 rings (SSSR count). The maximum Gasteiger partial charge on any atom is 0.247 e. The maximum absolute atomic E-state index is 12.9. The average molecular weight is 318 g/mol. The number of sulfonamides is 1. The fraction of sp³-hybridized carbons (Fsp3) is 0.312. The molecule has 1 fully saturated rings. The van der Waals surface area contributed by atoms with Crippen LogP contribution in [0, 0.1) is 6.92 Å². The lowest BCUT2D eigenvalue weighted by Crippen LogP contribution is -2.31. The summed E-state index contributed by atoms with van der Waals surface area (Å²) < 4.78 is 27.2. The summed E-state index contributed by atoms with van der Waals surface area (Å²) in [5, 5.41) is 0. The summed E-state index contributed by atoms with van der Waals surface area (Å²) in [5.41, 5.74) is 1.67. The predicted molar refractivity (Wildman–Crippen MR) is 84.1 cm³/mol. The predicted octanol–water partition coefficient (Wildman–Crippen LogP) is 2.21. The summed E-state index contributed by atoms with van der Waals surface area (Å²) in [6.45, 7) is 2.43. The topological polar surface area (TPSA) is 70.2 Å². The molecule has 1 aliphatic heterocycles. The lowest BCUT2D eigenvalue weighted by molar-refractivity contribution is 0.396. The Labute approximate surface area is 129 Å². The summed E-state index contributed by atoms with van der Waals surface area (Å²) in [6.07, 6.45) is 3.18. The van der Waals surface area contributed by atoms with E-state index in [0.717, 1.165) is 24.0 Å². The van der Waals surface area contributed by atoms with Crippen LogP contribution in [0.2, 0.25) is 0 Å². The second-order valence-corrected chi connectivity index (χ2v) is 7.46. The van der Waals surface area contributed by atoms with Crippen molar-refractivity contribution in [3.8, 4) is 0 Å². The van der Waals surface area contributed by atoms with Crippen molar-refractivity contribution < 1.29 is 8.42 Å². The molecule has 2 heterocycles. The zero-order chi connectivity index (χ0) is 15.7. The number of pyridine rings is 1. The number of rotatable bonds is 3. The number of nitrogens with one attached hydrogen (secondary N) is 1. The van der Waals surface area contributed by atoms with Crippen LogP contribution in [0.4, 0.5) is 0 Å². The standard InChI is InChI=1S/C16H18N2O3S/c1-12-4-7-14(8-5-12)22(20,21)18-10-2-3-15(18)13-6-9-16(19)17-11-13/h4-9,11,15H,2-3,10H2,1H3,(H,17,19)/t15-/m1/s1. The minimum Gasteiger partial charge on any atom is -0.329 e. The minimum absolute atomic E-state index is 0.185. The van der Waals surface area contributed by atoms with E-state index in [1.54, 1.807) is 36.5 Å². The monoisotopic (exact) mass is 318 g/mol. The highest BCUT2D eigenvalue weighted by atomic mass is 32.2. The first kappa shape index (κ1) is 15.0. The Morgan fingerprint density at radius 1 is 1.14 bits per heavy atom. The molecule has 0 amide bonds. The van der Waals surface area contributed by atoms with Gasteiger partial charge >= 0.3 is 0 Å². The molecule has 6 heteroatoms. The number of hydrogen-bond acceptors (Lipinski definition) is 3. The number of aromatic amines is 1. The van der Waals surface area contributed by atoms with Gasteiger partial charge in [-0.05, 0) is 37.5 Å². The second-order valence-electron chi connectivity index (χ2n) is 5.57. The molecule has 0 saturated carbocycles. The van der Waals surface area contributed by atoms with Crippen molar-refractivity contribution in [2.24, 2.45) is 0 Å². The van der Waals surface area contributed by atoms with E-state index in [4.69, 9.17) is 0 Å². The SMILES string of the molecule is Cc1ccc(S(=O)(=O)N2CCC[C@@H]2c2ccc(=O)[nH]c2)cc1. The molecule has 1 atom stereocenters. The van der Waals surface area contributed by atoms with Crippen LogP contribution >= 0.6 is 0 Å². The third-order valence-electron chi connectivity index (χ3n) is 4.02. The van der Waals surface area contributed by atoms with Gasteiger partial charge in [-0.25, -0.2) is 8.42 Å². The van der Waals surface area contributed by atoms with Crippen LogP contribution in [0.3, 0.4) is 0 Å². The highest BCUT2D eigenvalue weighted by Gasteiger charge is 2.36. The molecule has 1 N–H and O–H groups in total. The van der Waals surface area contributed by atoms with Crippen LogP contribution in [0.5, 0.6) is 0 Å². The molecule has 0 bridgehead atoms. The van der Waals surface area contributed by atoms with Gasteiger partial charge in [0, 0.05) is 18.8 Å². The molecule has 0 unspecified atom stereocenters. The zero-order valence-electron chi connectivity index (χ0n) is 12.3. The summed E-state index contributed by atoms with van der Waals surface area (Å²) in [7, 11) is -3.52. The fourth-order valence-corrected chi connectivity index (χ4v) is 4.52. The Morgan fingerprint density at radius 3 is 2.50 bits per heavy atom. The molecule has 116 valence electrons. The molecular weight excluding hydrogens is 300 g/mol. The van der Waals surface area contributed by atoms with E-state index >= 15 is 0 Å². The Bertz CT molecular complexity index is 805. The summed E-state index contributed by atoms with van der Waals surface area (Å²) in [5.74, 6) is 0. The maximum atomic E-state index is 12.9. The molecule has 1 saturated heterocycles. The van der Waals surface area contributed by atoms with Gasteiger partial charge in [0.2, 0.25) is 15.6 Å². The Hall–Kier alpha value is -1.92. The van der Waals surface area contributed by atoms with E-state index in [1.807, 2.05) is 6.92 Å². The van der Waals surface area contributed by atoms with Crippen LogP contribution < -0.4 is 5.56 Å². The Morgan fingerprint density at radius 2 is 1.86 bits per heavy atom. The highest BCUT2D eigenvalue weighted by molar-refractivity contribution is 7.89. The first-order valence-corrected chi connectivity index (χ1v) is 8.69. The number of H-pyrrole nitrogens is 1. The van der Waals surface area contributed by atoms with E-state index in [1.165, 1.54) is 10.4 Å². The molecular formula is C16H18N2O3S. The van der Waals surface area contributed by atoms with Gasteiger partial charge in [0.25, 0.3) is 0 Å². The van der Waals surface area contributed by atoms with E-state index in [2.05, 4.69) is 4.98 Å². The van der Waals surface area contributed by atoms with Gasteiger partial charge in [0.1, 0.15) is 0 Å². The Kier molecular flexibility index (Phi) is 3.88. The molecule has 0 spiro atoms. The van der Waals surface area contributed by atoms with Crippen molar-refractivity contribution in [3.05, 3.63) is 64.1 Å². The van der Waals surface area contributed by atoms with Crippen molar-refractivity contribution in [1.29, 1.82) is 0 Å². The van der Waals surface area contributed by atoms with E-state index in [-0.39, 0.29) is 11.6 Å². The van der Waals surface area contributed by atoms with Gasteiger partial charge in [-0.15, -0.1) is 0 Å². The fourth-order valence-electron chi connectivity index (χ4n) is 2.84. The lowest BCUT2D eigenvalue weighted by atomic mass is 10.1. The molecule has 1 aromatic carbocycles. The minimum atomic E-state index is -3.52. The lowest BCUT2D eigenvalue weighted by Gasteiger charge is -2.24. The van der Waals surface area contributed by atoms with Gasteiger partial charge in [-0.3, -0.25) is 4.79 Å². The average Bonchev–Trinajstić information content (AvgIpc) is 2.99. The molecule has 1 aliphatic rings. The van der Waals surface area contributed by atoms with Crippen molar-refractivity contribution in [3.63, 3.8) is 0 Å². The van der Waals surface area contributed by atoms with E-state index in [0.29, 0.717) is 11.4 Å². The van der Waals surface area contributed by atoms with Crippen LogP contribution in [-0.2, 0) is 10.0 Å². The first-order chi connectivity index (χ1) is 10.5. The normalized spacial score (nSPS) is 19.4. The van der Waals surface area contributed by atoms with Crippen molar-refractivity contribution in [2.75, 3.05) is 6.54 Å². The molecule has 0 aliphatic carbocycles. The van der Waals surface area contributed by atoms with Crippen molar-refractivity contribution in [1.82, 2.24) is 9.29 Å². The zero-order valence-corrected chi connectivity index (χ0v) is 13.1. The number of hydrogen-bond donors (Lipinski definition) is 1. The van der Waals surface area contributed by atoms with Gasteiger partial charge in [0.15, 0.2) is 0 Å². The summed E-state index contributed by atoms with van der Waals surface area (Å²) in [4.78, 5) is 14.1. The second kappa shape index (κ2) is 5.70. The number of aromatic nitrogens is 1. The van der Waals surface area contributed by atoms with E-state index < -0.39 is 10.0 Å². The van der Waals surface area contributed by atoms with Crippen LogP contribution in [0.25, 0.3) is 0 Å². The number of benzene rings is 1. The van der Waals surface area contributed by atoms with Crippen molar-refractivity contribution >= 4 is 10.0 Å². The van der Waals surface area contributed by atoms with E-state index in [9.17, 15) is 13.2 Å². The van der Waals surface area contributed by atoms with Gasteiger partial charge in [-0.1, -0.05) is 23.8 Å². The van der Waals surface area contributed by atoms with Gasteiger partial charge < -0.3 is 4.98 Å². The molecule has 2 aromatic rings. The molecule has 1 aromatic heterocycles. The van der Waals surface area contributed by atoms with Gasteiger partial charge in [0.05, 0.1) is 10.9 Å². The van der Waals surface area contributed by atoms with Gasteiger partial charge in [-0.2, -0.15) is 4.31 Å². The largest absolute Gasteiger partial charge is 0.329 e. The summed E-state index contributed by atoms with van der Waals surface area (Å²) >= 11 is 0. The smallest absolute Gasteiger partial charge is 0.247 e.